The van der Waals surface area contributed by atoms with Gasteiger partial charge in [-0.05, 0) is 50.4 Å². The number of hydrogen-bond donors (Lipinski definition) is 2. The summed E-state index contributed by atoms with van der Waals surface area (Å²) in [6.07, 6.45) is 6.95. The number of carboxylic acids is 1. The molecule has 0 aromatic heterocycles. The molecule has 0 aromatic rings. The van der Waals surface area contributed by atoms with Gasteiger partial charge in [-0.25, -0.2) is 0 Å². The van der Waals surface area contributed by atoms with Gasteiger partial charge in [0, 0.05) is 12.0 Å². The summed E-state index contributed by atoms with van der Waals surface area (Å²) in [5.41, 5.74) is 0. The minimum atomic E-state index is -0.745. The molecule has 3 saturated carbocycles. The van der Waals surface area contributed by atoms with Crippen LogP contribution in [-0.2, 0) is 9.59 Å². The molecule has 0 radical (unpaired) electrons. The fraction of sp³-hybridized carbons (Fsp3) is 0.857. The van der Waals surface area contributed by atoms with Crippen molar-refractivity contribution in [3.05, 3.63) is 0 Å². The van der Waals surface area contributed by atoms with Crippen molar-refractivity contribution < 1.29 is 14.7 Å². The van der Waals surface area contributed by atoms with Crippen LogP contribution in [0.4, 0.5) is 0 Å². The third-order valence-electron chi connectivity index (χ3n) is 5.22. The lowest BCUT2D eigenvalue weighted by atomic mass is 9.94. The summed E-state index contributed by atoms with van der Waals surface area (Å²) in [5, 5.41) is 12.1. The van der Waals surface area contributed by atoms with Crippen LogP contribution < -0.4 is 5.32 Å². The summed E-state index contributed by atoms with van der Waals surface area (Å²) >= 11 is 0. The van der Waals surface area contributed by atoms with E-state index in [1.54, 1.807) is 0 Å². The Bertz CT molecular complexity index is 368. The molecule has 2 N–H and O–H groups in total. The lowest BCUT2D eigenvalue weighted by Gasteiger charge is -2.24. The molecule has 4 heteroatoms. The average molecular weight is 251 g/mol. The highest BCUT2D eigenvalue weighted by Gasteiger charge is 2.41. The fourth-order valence-electron chi connectivity index (χ4n) is 4.17. The van der Waals surface area contributed by atoms with Gasteiger partial charge in [0.2, 0.25) is 5.91 Å². The molecule has 0 aliphatic heterocycles. The first kappa shape index (κ1) is 12.0. The van der Waals surface area contributed by atoms with Gasteiger partial charge in [-0.3, -0.25) is 9.59 Å². The maximum Gasteiger partial charge on any atom is 0.306 e. The first-order valence-corrected chi connectivity index (χ1v) is 7.16. The van der Waals surface area contributed by atoms with Gasteiger partial charge in [-0.2, -0.15) is 0 Å². The van der Waals surface area contributed by atoms with E-state index in [4.69, 9.17) is 5.11 Å². The molecule has 3 rings (SSSR count). The van der Waals surface area contributed by atoms with Gasteiger partial charge in [-0.1, -0.05) is 6.42 Å². The minimum absolute atomic E-state index is 0.0646. The van der Waals surface area contributed by atoms with E-state index in [1.807, 2.05) is 0 Å². The Morgan fingerprint density at radius 1 is 0.944 bits per heavy atom. The second-order valence-electron chi connectivity index (χ2n) is 6.34. The topological polar surface area (TPSA) is 66.4 Å². The highest BCUT2D eigenvalue weighted by Crippen LogP contribution is 2.44. The van der Waals surface area contributed by atoms with Crippen molar-refractivity contribution in [1.29, 1.82) is 0 Å². The largest absolute Gasteiger partial charge is 0.481 e. The maximum absolute atomic E-state index is 12.1. The quantitative estimate of drug-likeness (QED) is 0.803. The van der Waals surface area contributed by atoms with E-state index in [0.29, 0.717) is 24.8 Å². The predicted molar refractivity (Wildman–Crippen MR) is 65.8 cm³/mol. The highest BCUT2D eigenvalue weighted by molar-refractivity contribution is 5.81. The second-order valence-corrected chi connectivity index (χ2v) is 6.34. The third-order valence-corrected chi connectivity index (χ3v) is 5.22. The van der Waals surface area contributed by atoms with Crippen LogP contribution >= 0.6 is 0 Å². The zero-order chi connectivity index (χ0) is 12.7. The van der Waals surface area contributed by atoms with Crippen LogP contribution in [-0.4, -0.2) is 23.0 Å². The summed E-state index contributed by atoms with van der Waals surface area (Å²) in [7, 11) is 0. The van der Waals surface area contributed by atoms with E-state index in [-0.39, 0.29) is 17.7 Å². The lowest BCUT2D eigenvalue weighted by Crippen LogP contribution is -2.41. The van der Waals surface area contributed by atoms with Crippen LogP contribution in [0.1, 0.15) is 44.9 Å². The Balaban J connectivity index is 1.52. The summed E-state index contributed by atoms with van der Waals surface area (Å²) in [6.45, 7) is 0. The van der Waals surface area contributed by atoms with Gasteiger partial charge in [0.25, 0.3) is 0 Å². The van der Waals surface area contributed by atoms with E-state index < -0.39 is 5.97 Å². The standard InChI is InChI=1S/C14H21NO3/c16-13(10-3-4-11(7-10)14(17)18)15-12-6-8-1-2-9(12)5-8/h8-12H,1-7H2,(H,15,16)(H,17,18). The van der Waals surface area contributed by atoms with E-state index in [1.165, 1.54) is 19.3 Å². The number of amides is 1. The molecule has 5 atom stereocenters. The molecule has 0 saturated heterocycles. The number of carbonyl (C=O) groups excluding carboxylic acids is 1. The number of fused-ring (bicyclic) bond motifs is 2. The Kier molecular flexibility index (Phi) is 3.04. The summed E-state index contributed by atoms with van der Waals surface area (Å²) in [6, 6.07) is 0.375. The Morgan fingerprint density at radius 3 is 2.28 bits per heavy atom. The number of aliphatic carboxylic acids is 1. The molecule has 18 heavy (non-hydrogen) atoms. The van der Waals surface area contributed by atoms with Crippen LogP contribution in [0.2, 0.25) is 0 Å². The first-order valence-electron chi connectivity index (χ1n) is 7.16. The van der Waals surface area contributed by atoms with E-state index in [9.17, 15) is 9.59 Å². The van der Waals surface area contributed by atoms with Crippen LogP contribution in [0.25, 0.3) is 0 Å². The van der Waals surface area contributed by atoms with Gasteiger partial charge in [0.1, 0.15) is 0 Å². The number of rotatable bonds is 3. The van der Waals surface area contributed by atoms with Crippen molar-refractivity contribution in [1.82, 2.24) is 5.32 Å². The van der Waals surface area contributed by atoms with Crippen molar-refractivity contribution in [2.45, 2.75) is 51.0 Å². The zero-order valence-corrected chi connectivity index (χ0v) is 10.6. The number of carbonyl (C=O) groups is 2. The Hall–Kier alpha value is -1.06. The molecule has 0 heterocycles. The van der Waals surface area contributed by atoms with Crippen molar-refractivity contribution in [3.8, 4) is 0 Å². The number of nitrogens with one attached hydrogen (secondary N) is 1. The molecule has 1 amide bonds. The van der Waals surface area contributed by atoms with Gasteiger partial charge in [0.05, 0.1) is 5.92 Å². The molecular weight excluding hydrogens is 230 g/mol. The molecule has 3 fully saturated rings. The number of hydrogen-bond acceptors (Lipinski definition) is 2. The second kappa shape index (κ2) is 4.56. The van der Waals surface area contributed by atoms with Crippen molar-refractivity contribution >= 4 is 11.9 Å². The van der Waals surface area contributed by atoms with Crippen LogP contribution in [0.15, 0.2) is 0 Å². The molecule has 2 bridgehead atoms. The predicted octanol–water partition coefficient (Wildman–Crippen LogP) is 1.79. The minimum Gasteiger partial charge on any atom is -0.481 e. The van der Waals surface area contributed by atoms with Gasteiger partial charge < -0.3 is 10.4 Å². The summed E-state index contributed by atoms with van der Waals surface area (Å²) in [4.78, 5) is 23.0. The first-order chi connectivity index (χ1) is 8.63. The third kappa shape index (κ3) is 2.13. The highest BCUT2D eigenvalue weighted by atomic mass is 16.4. The van der Waals surface area contributed by atoms with Gasteiger partial charge >= 0.3 is 5.97 Å². The summed E-state index contributed by atoms with van der Waals surface area (Å²) < 4.78 is 0. The summed E-state index contributed by atoms with van der Waals surface area (Å²) in [5.74, 6) is 0.513. The Labute approximate surface area is 107 Å². The van der Waals surface area contributed by atoms with E-state index in [2.05, 4.69) is 5.32 Å². The smallest absolute Gasteiger partial charge is 0.306 e. The molecule has 0 aromatic carbocycles. The molecule has 5 unspecified atom stereocenters. The average Bonchev–Trinajstić information content (AvgIpc) is 3.04. The lowest BCUT2D eigenvalue weighted by molar-refractivity contribution is -0.141. The normalized spacial score (nSPS) is 42.1. The molecule has 3 aliphatic rings. The monoisotopic (exact) mass is 251 g/mol. The van der Waals surface area contributed by atoms with Crippen molar-refractivity contribution in [2.75, 3.05) is 0 Å². The maximum atomic E-state index is 12.1. The molecule has 3 aliphatic carbocycles. The van der Waals surface area contributed by atoms with Crippen LogP contribution in [0, 0.1) is 23.7 Å². The molecule has 0 spiro atoms. The SMILES string of the molecule is O=C(O)C1CCC(C(=O)NC2CC3CCC2C3)C1. The van der Waals surface area contributed by atoms with Crippen LogP contribution in [0.5, 0.6) is 0 Å². The van der Waals surface area contributed by atoms with E-state index >= 15 is 0 Å². The molecular formula is C14H21NO3. The molecule has 4 nitrogen and oxygen atoms in total. The molecule has 100 valence electrons. The number of carboxylic acid groups (broad SMARTS) is 1. The Morgan fingerprint density at radius 2 is 1.72 bits per heavy atom. The zero-order valence-electron chi connectivity index (χ0n) is 10.6. The van der Waals surface area contributed by atoms with Gasteiger partial charge in [0.15, 0.2) is 0 Å². The van der Waals surface area contributed by atoms with Gasteiger partial charge in [-0.15, -0.1) is 0 Å². The van der Waals surface area contributed by atoms with Crippen LogP contribution in [0.3, 0.4) is 0 Å². The fourth-order valence-corrected chi connectivity index (χ4v) is 4.17. The van der Waals surface area contributed by atoms with E-state index in [0.717, 1.165) is 18.8 Å². The van der Waals surface area contributed by atoms with Crippen molar-refractivity contribution in [2.24, 2.45) is 23.7 Å². The van der Waals surface area contributed by atoms with Crippen molar-refractivity contribution in [3.63, 3.8) is 0 Å².